The number of hydrogen-bond donors (Lipinski definition) is 0. The third-order valence-electron chi connectivity index (χ3n) is 2.83. The molecule has 2 atom stereocenters. The van der Waals surface area contributed by atoms with E-state index in [-0.39, 0.29) is 18.5 Å². The van der Waals surface area contributed by atoms with Gasteiger partial charge in [-0.15, -0.1) is 0 Å². The minimum Gasteiger partial charge on any atom is -0.473 e. The Bertz CT molecular complexity index is 427. The number of fused-ring (bicyclic) bond motifs is 1. The number of Topliss-reactive ketones (excluding diaryl/α,β-unsaturated/α-hetero) is 1. The third-order valence-corrected chi connectivity index (χ3v) is 3.19. The molecule has 19 heavy (non-hydrogen) atoms. The van der Waals surface area contributed by atoms with Gasteiger partial charge in [0.25, 0.3) is 0 Å². The minimum atomic E-state index is -0.949. The number of nitrogens with zero attached hydrogens (tertiary/aromatic N) is 2. The third kappa shape index (κ3) is 4.13. The Morgan fingerprint density at radius 2 is 2.58 bits per heavy atom. The number of ketones is 1. The first-order valence-corrected chi connectivity index (χ1v) is 7.42. The molecule has 2 unspecified atom stereocenters. The molecule has 2 rings (SSSR count). The van der Waals surface area contributed by atoms with Gasteiger partial charge in [-0.05, 0) is 35.4 Å². The molecule has 0 aromatic carbocycles. The maximum Gasteiger partial charge on any atom is 0.212 e. The minimum absolute atomic E-state index is 0.0602. The summed E-state index contributed by atoms with van der Waals surface area (Å²) in [6.07, 6.45) is 1.71. The van der Waals surface area contributed by atoms with E-state index >= 15 is 0 Å². The van der Waals surface area contributed by atoms with Crippen molar-refractivity contribution in [2.45, 2.75) is 36.6 Å². The molecule has 0 spiro atoms. The van der Waals surface area contributed by atoms with Crippen LogP contribution in [0.4, 0.5) is 4.39 Å². The summed E-state index contributed by atoms with van der Waals surface area (Å²) in [7, 11) is 0. The van der Waals surface area contributed by atoms with Gasteiger partial charge in [-0.3, -0.25) is 4.79 Å². The lowest BCUT2D eigenvalue weighted by Gasteiger charge is -2.09. The fourth-order valence-electron chi connectivity index (χ4n) is 1.93. The zero-order valence-corrected chi connectivity index (χ0v) is 12.8. The summed E-state index contributed by atoms with van der Waals surface area (Å²) in [6, 6.07) is 1.67. The molecule has 0 saturated heterocycles. The van der Waals surface area contributed by atoms with Gasteiger partial charge in [0, 0.05) is 19.6 Å². The number of alkyl halides is 2. The number of carbonyl (C=O) groups excluding carboxylic acids is 1. The predicted octanol–water partition coefficient (Wildman–Crippen LogP) is 2.37. The Balaban J connectivity index is 1.69. The first-order chi connectivity index (χ1) is 9.06. The van der Waals surface area contributed by atoms with E-state index in [9.17, 15) is 9.18 Å². The molecule has 0 N–H and O–H groups in total. The molecule has 2 heterocycles. The molecule has 0 saturated carbocycles. The van der Waals surface area contributed by atoms with Gasteiger partial charge < -0.3 is 9.47 Å². The molecule has 0 aliphatic carbocycles. The molecular weight excluding hydrogens is 366 g/mol. The number of ether oxygens (including phenoxy) is 2. The van der Waals surface area contributed by atoms with Crippen molar-refractivity contribution in [3.63, 3.8) is 0 Å². The molecule has 1 aromatic rings. The molecule has 1 aliphatic heterocycles. The van der Waals surface area contributed by atoms with E-state index in [1.807, 2.05) is 0 Å². The van der Waals surface area contributed by atoms with Gasteiger partial charge in [0.05, 0.1) is 13.2 Å². The van der Waals surface area contributed by atoms with Gasteiger partial charge in [-0.1, -0.05) is 0 Å². The second kappa shape index (κ2) is 6.65. The van der Waals surface area contributed by atoms with Crippen LogP contribution in [0.1, 0.15) is 30.3 Å². The number of rotatable bonds is 7. The number of aromatic nitrogens is 2. The monoisotopic (exact) mass is 382 g/mol. The summed E-state index contributed by atoms with van der Waals surface area (Å²) >= 11 is 1.68. The van der Waals surface area contributed by atoms with Gasteiger partial charge in [0.15, 0.2) is 9.96 Å². The lowest BCUT2D eigenvalue weighted by molar-refractivity contribution is 0.0999. The molecule has 0 amide bonds. The van der Waals surface area contributed by atoms with E-state index in [4.69, 9.17) is 9.47 Å². The smallest absolute Gasteiger partial charge is 0.212 e. The van der Waals surface area contributed by atoms with Crippen LogP contribution < -0.4 is 4.74 Å². The van der Waals surface area contributed by atoms with Gasteiger partial charge >= 0.3 is 0 Å². The standard InChI is InChI=1S/C12H16FIN2O3/c1-8(17)10-5-12-16(15-10)6-9(19-12)3-2-4-18-7-11(13)14/h5,9,11H,2-4,6-7H2,1H3. The highest BCUT2D eigenvalue weighted by Crippen LogP contribution is 2.24. The van der Waals surface area contributed by atoms with Gasteiger partial charge in [-0.25, -0.2) is 9.07 Å². The van der Waals surface area contributed by atoms with Crippen LogP contribution >= 0.6 is 22.6 Å². The summed E-state index contributed by atoms with van der Waals surface area (Å²) in [5.41, 5.74) is 0.438. The van der Waals surface area contributed by atoms with Gasteiger partial charge in [-0.2, -0.15) is 5.10 Å². The first-order valence-electron chi connectivity index (χ1n) is 6.17. The van der Waals surface area contributed by atoms with E-state index in [0.29, 0.717) is 24.7 Å². The molecule has 1 aliphatic rings. The van der Waals surface area contributed by atoms with Crippen LogP contribution in [0.15, 0.2) is 6.07 Å². The number of halogens is 2. The summed E-state index contributed by atoms with van der Waals surface area (Å²) in [5, 5.41) is 4.17. The van der Waals surface area contributed by atoms with Crippen LogP contribution in [-0.2, 0) is 11.3 Å². The lowest BCUT2D eigenvalue weighted by Crippen LogP contribution is -2.16. The summed E-state index contributed by atoms with van der Waals surface area (Å²) in [5.74, 6) is 0.585. The zero-order valence-electron chi connectivity index (χ0n) is 10.6. The predicted molar refractivity (Wildman–Crippen MR) is 75.6 cm³/mol. The van der Waals surface area contributed by atoms with Crippen molar-refractivity contribution < 1.29 is 18.7 Å². The fraction of sp³-hybridized carbons (Fsp3) is 0.667. The zero-order chi connectivity index (χ0) is 13.8. The van der Waals surface area contributed by atoms with Crippen LogP contribution in [0, 0.1) is 0 Å². The lowest BCUT2D eigenvalue weighted by atomic mass is 10.2. The Labute approximate surface area is 124 Å². The highest BCUT2D eigenvalue weighted by molar-refractivity contribution is 14.1. The quantitative estimate of drug-likeness (QED) is 0.315. The van der Waals surface area contributed by atoms with Crippen molar-refractivity contribution in [1.29, 1.82) is 0 Å². The Hall–Kier alpha value is -0.700. The van der Waals surface area contributed by atoms with E-state index in [1.165, 1.54) is 6.92 Å². The summed E-state index contributed by atoms with van der Waals surface area (Å²) in [4.78, 5) is 11.2. The molecular formula is C12H16FIN2O3. The van der Waals surface area contributed by atoms with Crippen molar-refractivity contribution in [3.05, 3.63) is 11.8 Å². The van der Waals surface area contributed by atoms with Gasteiger partial charge in [0.2, 0.25) is 5.88 Å². The first kappa shape index (κ1) is 14.7. The molecule has 0 fully saturated rings. The molecule has 0 radical (unpaired) electrons. The molecule has 5 nitrogen and oxygen atoms in total. The van der Waals surface area contributed by atoms with E-state index in [1.54, 1.807) is 33.3 Å². The maximum atomic E-state index is 12.5. The van der Waals surface area contributed by atoms with Gasteiger partial charge in [0.1, 0.15) is 11.8 Å². The highest BCUT2D eigenvalue weighted by atomic mass is 127. The van der Waals surface area contributed by atoms with Crippen molar-refractivity contribution in [2.24, 2.45) is 0 Å². The van der Waals surface area contributed by atoms with E-state index in [2.05, 4.69) is 5.10 Å². The van der Waals surface area contributed by atoms with Crippen molar-refractivity contribution >= 4 is 28.4 Å². The average molecular weight is 382 g/mol. The topological polar surface area (TPSA) is 53.4 Å². The second-order valence-corrected chi connectivity index (χ2v) is 5.81. The highest BCUT2D eigenvalue weighted by Gasteiger charge is 2.25. The second-order valence-electron chi connectivity index (χ2n) is 4.45. The van der Waals surface area contributed by atoms with Crippen molar-refractivity contribution in [1.82, 2.24) is 9.78 Å². The van der Waals surface area contributed by atoms with E-state index in [0.717, 1.165) is 12.8 Å². The SMILES string of the molecule is CC(=O)c1cc2n(n1)CC(CCCOCC(F)I)O2. The van der Waals surface area contributed by atoms with Crippen LogP contribution in [0.5, 0.6) is 5.88 Å². The van der Waals surface area contributed by atoms with Crippen molar-refractivity contribution in [3.8, 4) is 5.88 Å². The normalized spacial score (nSPS) is 19.0. The number of carbonyl (C=O) groups is 1. The summed E-state index contributed by atoms with van der Waals surface area (Å²) in [6.45, 7) is 2.80. The molecule has 106 valence electrons. The Kier molecular flexibility index (Phi) is 5.14. The number of hydrogen-bond acceptors (Lipinski definition) is 4. The average Bonchev–Trinajstić information content (AvgIpc) is 2.85. The van der Waals surface area contributed by atoms with Crippen LogP contribution in [0.2, 0.25) is 0 Å². The largest absolute Gasteiger partial charge is 0.473 e. The van der Waals surface area contributed by atoms with Crippen LogP contribution in [0.25, 0.3) is 0 Å². The Morgan fingerprint density at radius 3 is 3.21 bits per heavy atom. The molecule has 0 bridgehead atoms. The van der Waals surface area contributed by atoms with Crippen molar-refractivity contribution in [2.75, 3.05) is 13.2 Å². The Morgan fingerprint density at radius 1 is 1.79 bits per heavy atom. The van der Waals surface area contributed by atoms with Crippen LogP contribution in [-0.4, -0.2) is 39.1 Å². The molecule has 7 heteroatoms. The fourth-order valence-corrected chi connectivity index (χ4v) is 2.19. The molecule has 1 aromatic heterocycles. The summed E-state index contributed by atoms with van der Waals surface area (Å²) < 4.78 is 24.1. The maximum absolute atomic E-state index is 12.5. The van der Waals surface area contributed by atoms with E-state index < -0.39 is 4.18 Å². The van der Waals surface area contributed by atoms with Crippen LogP contribution in [0.3, 0.4) is 0 Å².